The zero-order valence-electron chi connectivity index (χ0n) is 8.26. The predicted molar refractivity (Wildman–Crippen MR) is 66.5 cm³/mol. The Balaban J connectivity index is 2.50. The van der Waals surface area contributed by atoms with Gasteiger partial charge in [-0.25, -0.2) is 0 Å². The molecule has 0 aliphatic heterocycles. The third kappa shape index (κ3) is 3.42. The summed E-state index contributed by atoms with van der Waals surface area (Å²) in [5, 5.41) is 3.28. The topological polar surface area (TPSA) is 38.0 Å². The van der Waals surface area contributed by atoms with E-state index in [4.69, 9.17) is 5.73 Å². The lowest BCUT2D eigenvalue weighted by Crippen LogP contribution is -2.02. The van der Waals surface area contributed by atoms with Gasteiger partial charge < -0.3 is 11.1 Å². The van der Waals surface area contributed by atoms with Crippen molar-refractivity contribution in [2.24, 2.45) is 0 Å². The summed E-state index contributed by atoms with van der Waals surface area (Å²) in [6.07, 6.45) is 5.20. The van der Waals surface area contributed by atoms with Crippen molar-refractivity contribution >= 4 is 27.3 Å². The Morgan fingerprint density at radius 2 is 2.29 bits per heavy atom. The average molecular weight is 255 g/mol. The number of nitrogens with two attached hydrogens (primary N) is 1. The zero-order valence-corrected chi connectivity index (χ0v) is 9.84. The van der Waals surface area contributed by atoms with Crippen molar-refractivity contribution in [2.75, 3.05) is 17.6 Å². The number of rotatable bonds is 4. The van der Waals surface area contributed by atoms with Gasteiger partial charge in [-0.2, -0.15) is 0 Å². The van der Waals surface area contributed by atoms with Gasteiger partial charge in [-0.15, -0.1) is 0 Å². The van der Waals surface area contributed by atoms with Gasteiger partial charge in [0.05, 0.1) is 11.4 Å². The first-order valence-electron chi connectivity index (χ1n) is 4.64. The van der Waals surface area contributed by atoms with Crippen LogP contribution in [-0.4, -0.2) is 6.54 Å². The second-order valence-corrected chi connectivity index (χ2v) is 3.93. The molecule has 14 heavy (non-hydrogen) atoms. The molecule has 1 aromatic carbocycles. The minimum absolute atomic E-state index is 0.778. The van der Waals surface area contributed by atoms with Crippen LogP contribution in [0.1, 0.15) is 13.3 Å². The van der Waals surface area contributed by atoms with E-state index in [-0.39, 0.29) is 0 Å². The van der Waals surface area contributed by atoms with Gasteiger partial charge in [0.1, 0.15) is 0 Å². The van der Waals surface area contributed by atoms with E-state index in [1.807, 2.05) is 31.2 Å². The maximum Gasteiger partial charge on any atom is 0.0574 e. The molecular weight excluding hydrogens is 240 g/mol. The van der Waals surface area contributed by atoms with E-state index in [2.05, 4.69) is 27.3 Å². The van der Waals surface area contributed by atoms with Crippen LogP contribution >= 0.6 is 15.9 Å². The van der Waals surface area contributed by atoms with Crippen LogP contribution in [0.15, 0.2) is 34.8 Å². The van der Waals surface area contributed by atoms with E-state index in [1.54, 1.807) is 0 Å². The van der Waals surface area contributed by atoms with Crippen molar-refractivity contribution in [2.45, 2.75) is 13.3 Å². The summed E-state index contributed by atoms with van der Waals surface area (Å²) in [6.45, 7) is 2.93. The number of halogens is 1. The van der Waals surface area contributed by atoms with E-state index in [1.165, 1.54) is 0 Å². The molecule has 2 nitrogen and oxygen atoms in total. The fourth-order valence-electron chi connectivity index (χ4n) is 1.15. The lowest BCUT2D eigenvalue weighted by Gasteiger charge is -2.08. The molecule has 0 unspecified atom stereocenters. The molecule has 0 spiro atoms. The molecule has 76 valence electrons. The molecule has 3 N–H and O–H groups in total. The molecule has 0 fully saturated rings. The van der Waals surface area contributed by atoms with E-state index in [0.29, 0.717) is 0 Å². The highest BCUT2D eigenvalue weighted by atomic mass is 79.9. The molecule has 0 radical (unpaired) electrons. The summed E-state index contributed by atoms with van der Waals surface area (Å²) >= 11 is 3.37. The van der Waals surface area contributed by atoms with Crippen LogP contribution in [0.5, 0.6) is 0 Å². The molecule has 0 aliphatic carbocycles. The highest BCUT2D eigenvalue weighted by Crippen LogP contribution is 2.22. The highest BCUT2D eigenvalue weighted by molar-refractivity contribution is 9.10. The Bertz CT molecular complexity index is 321. The van der Waals surface area contributed by atoms with Crippen LogP contribution in [0.3, 0.4) is 0 Å². The third-order valence-corrected chi connectivity index (χ3v) is 2.37. The van der Waals surface area contributed by atoms with Crippen molar-refractivity contribution in [3.05, 3.63) is 34.8 Å². The van der Waals surface area contributed by atoms with Gasteiger partial charge in [0, 0.05) is 11.0 Å². The SMILES string of the molecule is C/C=C/CCNc1ccc(Br)cc1N. The van der Waals surface area contributed by atoms with E-state index >= 15 is 0 Å². The van der Waals surface area contributed by atoms with Crippen molar-refractivity contribution in [1.82, 2.24) is 0 Å². The van der Waals surface area contributed by atoms with Crippen molar-refractivity contribution in [3.8, 4) is 0 Å². The van der Waals surface area contributed by atoms with Crippen LogP contribution in [0.2, 0.25) is 0 Å². The Kier molecular flexibility index (Phi) is 4.53. The highest BCUT2D eigenvalue weighted by Gasteiger charge is 1.97. The van der Waals surface area contributed by atoms with Crippen LogP contribution in [0.25, 0.3) is 0 Å². The van der Waals surface area contributed by atoms with E-state index < -0.39 is 0 Å². The predicted octanol–water partition coefficient (Wildman–Crippen LogP) is 3.41. The maximum atomic E-state index is 5.83. The van der Waals surface area contributed by atoms with Crippen molar-refractivity contribution < 1.29 is 0 Å². The Labute approximate surface area is 93.3 Å². The number of allylic oxidation sites excluding steroid dienone is 1. The van der Waals surface area contributed by atoms with Gasteiger partial charge in [-0.05, 0) is 31.5 Å². The Hall–Kier alpha value is -0.960. The molecule has 0 saturated heterocycles. The summed E-state index contributed by atoms with van der Waals surface area (Å²) in [4.78, 5) is 0. The first kappa shape index (κ1) is 11.1. The number of anilines is 2. The summed E-state index contributed by atoms with van der Waals surface area (Å²) in [5.74, 6) is 0. The van der Waals surface area contributed by atoms with Gasteiger partial charge in [0.2, 0.25) is 0 Å². The minimum Gasteiger partial charge on any atom is -0.397 e. The normalized spacial score (nSPS) is 10.7. The first-order chi connectivity index (χ1) is 6.74. The van der Waals surface area contributed by atoms with E-state index in [0.717, 1.165) is 28.8 Å². The number of nitrogens with one attached hydrogen (secondary N) is 1. The molecular formula is C11H15BrN2. The molecule has 1 rings (SSSR count). The largest absolute Gasteiger partial charge is 0.397 e. The van der Waals surface area contributed by atoms with Crippen LogP contribution in [0, 0.1) is 0 Å². The van der Waals surface area contributed by atoms with Crippen LogP contribution in [-0.2, 0) is 0 Å². The number of nitrogen functional groups attached to an aromatic ring is 1. The number of benzene rings is 1. The molecule has 1 aromatic rings. The van der Waals surface area contributed by atoms with E-state index in [9.17, 15) is 0 Å². The smallest absolute Gasteiger partial charge is 0.0574 e. The fourth-order valence-corrected chi connectivity index (χ4v) is 1.53. The zero-order chi connectivity index (χ0) is 10.4. The summed E-state index contributed by atoms with van der Waals surface area (Å²) in [7, 11) is 0. The summed E-state index contributed by atoms with van der Waals surface area (Å²) < 4.78 is 1.01. The van der Waals surface area contributed by atoms with Crippen molar-refractivity contribution in [1.29, 1.82) is 0 Å². The van der Waals surface area contributed by atoms with Gasteiger partial charge >= 0.3 is 0 Å². The fraction of sp³-hybridized carbons (Fsp3) is 0.273. The molecule has 0 heterocycles. The average Bonchev–Trinajstić information content (AvgIpc) is 2.15. The molecule has 0 bridgehead atoms. The summed E-state index contributed by atoms with van der Waals surface area (Å²) in [6, 6.07) is 5.86. The molecule has 0 atom stereocenters. The molecule has 0 amide bonds. The van der Waals surface area contributed by atoms with Crippen LogP contribution < -0.4 is 11.1 Å². The quantitative estimate of drug-likeness (QED) is 0.491. The summed E-state index contributed by atoms with van der Waals surface area (Å²) in [5.41, 5.74) is 7.60. The monoisotopic (exact) mass is 254 g/mol. The molecule has 0 aliphatic rings. The maximum absolute atomic E-state index is 5.83. The van der Waals surface area contributed by atoms with Crippen LogP contribution in [0.4, 0.5) is 11.4 Å². The van der Waals surface area contributed by atoms with Gasteiger partial charge in [0.25, 0.3) is 0 Å². The first-order valence-corrected chi connectivity index (χ1v) is 5.43. The number of hydrogen-bond acceptors (Lipinski definition) is 2. The minimum atomic E-state index is 0.778. The second-order valence-electron chi connectivity index (χ2n) is 3.02. The number of hydrogen-bond donors (Lipinski definition) is 2. The Morgan fingerprint density at radius 3 is 2.93 bits per heavy atom. The lowest BCUT2D eigenvalue weighted by molar-refractivity contribution is 1.07. The Morgan fingerprint density at radius 1 is 1.50 bits per heavy atom. The van der Waals surface area contributed by atoms with Gasteiger partial charge in [-0.3, -0.25) is 0 Å². The molecule has 0 aromatic heterocycles. The van der Waals surface area contributed by atoms with Gasteiger partial charge in [0.15, 0.2) is 0 Å². The molecule has 3 heteroatoms. The third-order valence-electron chi connectivity index (χ3n) is 1.88. The van der Waals surface area contributed by atoms with Gasteiger partial charge in [-0.1, -0.05) is 28.1 Å². The second kappa shape index (κ2) is 5.70. The standard InChI is InChI=1S/C11H15BrN2/c1-2-3-4-7-14-11-6-5-9(12)8-10(11)13/h2-3,5-6,8,14H,4,7,13H2,1H3/b3-2+. The molecule has 0 saturated carbocycles. The lowest BCUT2D eigenvalue weighted by atomic mass is 10.2. The van der Waals surface area contributed by atoms with Crippen molar-refractivity contribution in [3.63, 3.8) is 0 Å².